The zero-order valence-electron chi connectivity index (χ0n) is 9.30. The molecule has 1 aliphatic heterocycles. The van der Waals surface area contributed by atoms with Crippen LogP contribution in [0.5, 0.6) is 5.75 Å². The second kappa shape index (κ2) is 5.30. The summed E-state index contributed by atoms with van der Waals surface area (Å²) in [5, 5.41) is 9.42. The second-order valence-corrected chi connectivity index (χ2v) is 4.04. The number of phenols is 1. The number of ether oxygens (including phenoxy) is 1. The molecule has 1 aromatic carbocycles. The summed E-state index contributed by atoms with van der Waals surface area (Å²) in [6, 6.07) is 7.26. The van der Waals surface area contributed by atoms with Crippen molar-refractivity contribution in [3.8, 4) is 5.75 Å². The molecule has 4 heteroatoms. The second-order valence-electron chi connectivity index (χ2n) is 4.04. The van der Waals surface area contributed by atoms with Crippen LogP contribution in [0.2, 0.25) is 0 Å². The number of morpholine rings is 1. The van der Waals surface area contributed by atoms with Gasteiger partial charge in [-0.1, -0.05) is 12.1 Å². The van der Waals surface area contributed by atoms with Crippen molar-refractivity contribution < 1.29 is 9.84 Å². The number of benzene rings is 1. The van der Waals surface area contributed by atoms with Gasteiger partial charge in [0.15, 0.2) is 0 Å². The van der Waals surface area contributed by atoms with Crippen LogP contribution < -0.4 is 5.73 Å². The maximum Gasteiger partial charge on any atom is 0.115 e. The lowest BCUT2D eigenvalue weighted by atomic mass is 10.1. The van der Waals surface area contributed by atoms with E-state index in [0.29, 0.717) is 6.54 Å². The molecule has 0 saturated carbocycles. The zero-order chi connectivity index (χ0) is 11.4. The van der Waals surface area contributed by atoms with Crippen molar-refractivity contribution in [3.05, 3.63) is 29.8 Å². The summed E-state index contributed by atoms with van der Waals surface area (Å²) in [6.45, 7) is 4.08. The van der Waals surface area contributed by atoms with Crippen LogP contribution in [-0.4, -0.2) is 42.8 Å². The van der Waals surface area contributed by atoms with Gasteiger partial charge in [-0.15, -0.1) is 0 Å². The minimum absolute atomic E-state index is 0.0485. The molecule has 1 unspecified atom stereocenters. The van der Waals surface area contributed by atoms with Gasteiger partial charge in [0.25, 0.3) is 0 Å². The van der Waals surface area contributed by atoms with Gasteiger partial charge < -0.3 is 15.6 Å². The summed E-state index contributed by atoms with van der Waals surface area (Å²) in [5.41, 5.74) is 6.57. The van der Waals surface area contributed by atoms with E-state index in [4.69, 9.17) is 10.5 Å². The molecule has 0 amide bonds. The fourth-order valence-electron chi connectivity index (χ4n) is 2.01. The Morgan fingerprint density at radius 3 is 3.12 bits per heavy atom. The highest BCUT2D eigenvalue weighted by molar-refractivity contribution is 5.29. The first-order chi connectivity index (χ1) is 7.79. The predicted octanol–water partition coefficient (Wildman–Crippen LogP) is 0.724. The SMILES string of the molecule is NCCN1CCOC(c2cccc(O)c2)C1. The average molecular weight is 222 g/mol. The fourth-order valence-corrected chi connectivity index (χ4v) is 2.01. The summed E-state index contributed by atoms with van der Waals surface area (Å²) in [7, 11) is 0. The molecule has 1 saturated heterocycles. The zero-order valence-corrected chi connectivity index (χ0v) is 9.30. The minimum Gasteiger partial charge on any atom is -0.508 e. The van der Waals surface area contributed by atoms with Crippen LogP contribution in [0.15, 0.2) is 24.3 Å². The van der Waals surface area contributed by atoms with Gasteiger partial charge in [0.05, 0.1) is 12.7 Å². The Bertz CT molecular complexity index is 342. The van der Waals surface area contributed by atoms with E-state index in [2.05, 4.69) is 4.90 Å². The Morgan fingerprint density at radius 2 is 2.38 bits per heavy atom. The first-order valence-electron chi connectivity index (χ1n) is 5.62. The minimum atomic E-state index is 0.0485. The average Bonchev–Trinajstić information content (AvgIpc) is 2.30. The van der Waals surface area contributed by atoms with E-state index < -0.39 is 0 Å². The van der Waals surface area contributed by atoms with Crippen LogP contribution in [0, 0.1) is 0 Å². The Labute approximate surface area is 95.6 Å². The molecule has 16 heavy (non-hydrogen) atoms. The molecule has 4 nitrogen and oxygen atoms in total. The first-order valence-corrected chi connectivity index (χ1v) is 5.62. The van der Waals surface area contributed by atoms with Gasteiger partial charge in [0.1, 0.15) is 5.75 Å². The molecule has 2 rings (SSSR count). The van der Waals surface area contributed by atoms with Crippen molar-refractivity contribution in [1.82, 2.24) is 4.90 Å². The molecule has 3 N–H and O–H groups in total. The van der Waals surface area contributed by atoms with Gasteiger partial charge in [-0.3, -0.25) is 4.90 Å². The third-order valence-electron chi connectivity index (χ3n) is 2.84. The number of hydrogen-bond acceptors (Lipinski definition) is 4. The summed E-state index contributed by atoms with van der Waals surface area (Å²) < 4.78 is 5.70. The smallest absolute Gasteiger partial charge is 0.115 e. The molecule has 0 bridgehead atoms. The molecule has 0 aromatic heterocycles. The van der Waals surface area contributed by atoms with Crippen molar-refractivity contribution in [2.24, 2.45) is 5.73 Å². The van der Waals surface area contributed by atoms with E-state index in [9.17, 15) is 5.11 Å². The van der Waals surface area contributed by atoms with Crippen LogP contribution in [-0.2, 0) is 4.74 Å². The van der Waals surface area contributed by atoms with Crippen LogP contribution in [0.4, 0.5) is 0 Å². The van der Waals surface area contributed by atoms with Gasteiger partial charge in [-0.2, -0.15) is 0 Å². The van der Waals surface area contributed by atoms with Crippen LogP contribution in [0.1, 0.15) is 11.7 Å². The van der Waals surface area contributed by atoms with Gasteiger partial charge in [0.2, 0.25) is 0 Å². The molecular formula is C12H18N2O2. The number of nitrogens with two attached hydrogens (primary N) is 1. The highest BCUT2D eigenvalue weighted by Crippen LogP contribution is 2.24. The van der Waals surface area contributed by atoms with Gasteiger partial charge in [-0.05, 0) is 17.7 Å². The Morgan fingerprint density at radius 1 is 1.50 bits per heavy atom. The molecular weight excluding hydrogens is 204 g/mol. The summed E-state index contributed by atoms with van der Waals surface area (Å²) >= 11 is 0. The van der Waals surface area contributed by atoms with Crippen LogP contribution in [0.25, 0.3) is 0 Å². The number of aromatic hydroxyl groups is 1. The topological polar surface area (TPSA) is 58.7 Å². The fraction of sp³-hybridized carbons (Fsp3) is 0.500. The molecule has 1 atom stereocenters. The van der Waals surface area contributed by atoms with E-state index in [1.54, 1.807) is 12.1 Å². The van der Waals surface area contributed by atoms with E-state index in [-0.39, 0.29) is 11.9 Å². The van der Waals surface area contributed by atoms with E-state index in [1.807, 2.05) is 12.1 Å². The van der Waals surface area contributed by atoms with Gasteiger partial charge in [-0.25, -0.2) is 0 Å². The van der Waals surface area contributed by atoms with E-state index in [1.165, 1.54) is 0 Å². The molecule has 88 valence electrons. The van der Waals surface area contributed by atoms with Crippen molar-refractivity contribution >= 4 is 0 Å². The lowest BCUT2D eigenvalue weighted by molar-refractivity contribution is -0.0289. The monoisotopic (exact) mass is 222 g/mol. The molecule has 1 fully saturated rings. The van der Waals surface area contributed by atoms with E-state index >= 15 is 0 Å². The van der Waals surface area contributed by atoms with Crippen molar-refractivity contribution in [2.45, 2.75) is 6.10 Å². The summed E-state index contributed by atoms with van der Waals surface area (Å²) in [5.74, 6) is 0.289. The molecule has 0 spiro atoms. The van der Waals surface area contributed by atoms with Crippen molar-refractivity contribution in [3.63, 3.8) is 0 Å². The molecule has 1 heterocycles. The lowest BCUT2D eigenvalue weighted by Crippen LogP contribution is -2.40. The third kappa shape index (κ3) is 2.72. The highest BCUT2D eigenvalue weighted by atomic mass is 16.5. The Kier molecular flexibility index (Phi) is 3.77. The van der Waals surface area contributed by atoms with Crippen LogP contribution in [0.3, 0.4) is 0 Å². The normalized spacial score (nSPS) is 22.2. The molecule has 0 aliphatic carbocycles. The van der Waals surface area contributed by atoms with Crippen LogP contribution >= 0.6 is 0 Å². The van der Waals surface area contributed by atoms with Gasteiger partial charge >= 0.3 is 0 Å². The maximum atomic E-state index is 9.42. The quantitative estimate of drug-likeness (QED) is 0.791. The lowest BCUT2D eigenvalue weighted by Gasteiger charge is -2.32. The number of hydrogen-bond donors (Lipinski definition) is 2. The van der Waals surface area contributed by atoms with E-state index in [0.717, 1.165) is 31.8 Å². The number of phenolic OH excluding ortho intramolecular Hbond substituents is 1. The number of rotatable bonds is 3. The Hall–Kier alpha value is -1.10. The van der Waals surface area contributed by atoms with Crippen molar-refractivity contribution in [2.75, 3.05) is 32.8 Å². The predicted molar refractivity (Wildman–Crippen MR) is 62.3 cm³/mol. The van der Waals surface area contributed by atoms with Crippen molar-refractivity contribution in [1.29, 1.82) is 0 Å². The number of nitrogens with zero attached hydrogens (tertiary/aromatic N) is 1. The molecule has 1 aliphatic rings. The maximum absolute atomic E-state index is 9.42. The summed E-state index contributed by atoms with van der Waals surface area (Å²) in [4.78, 5) is 2.29. The first kappa shape index (κ1) is 11.4. The highest BCUT2D eigenvalue weighted by Gasteiger charge is 2.21. The Balaban J connectivity index is 2.03. The molecule has 1 aromatic rings. The third-order valence-corrected chi connectivity index (χ3v) is 2.84. The molecule has 0 radical (unpaired) electrons. The standard InChI is InChI=1S/C12H18N2O2/c13-4-5-14-6-7-16-12(9-14)10-2-1-3-11(15)8-10/h1-3,8,12,15H,4-7,9,13H2. The summed E-state index contributed by atoms with van der Waals surface area (Å²) in [6.07, 6.45) is 0.0485. The largest absolute Gasteiger partial charge is 0.508 e. The van der Waals surface area contributed by atoms with Gasteiger partial charge in [0, 0.05) is 26.2 Å².